The van der Waals surface area contributed by atoms with E-state index in [1.54, 1.807) is 36.4 Å². The molecule has 0 bridgehead atoms. The number of hydrogen-bond donors (Lipinski definition) is 1. The molecule has 1 saturated heterocycles. The van der Waals surface area contributed by atoms with Crippen molar-refractivity contribution in [2.24, 2.45) is 0 Å². The molecule has 0 radical (unpaired) electrons. The van der Waals surface area contributed by atoms with Crippen molar-refractivity contribution >= 4 is 46.5 Å². The fourth-order valence-corrected chi connectivity index (χ4v) is 4.47. The summed E-state index contributed by atoms with van der Waals surface area (Å²) in [5.41, 5.74) is 2.70. The van der Waals surface area contributed by atoms with Gasteiger partial charge in [-0.05, 0) is 42.5 Å². The average molecular weight is 529 g/mol. The highest BCUT2D eigenvalue weighted by Crippen LogP contribution is 2.31. The number of morpholine rings is 1. The summed E-state index contributed by atoms with van der Waals surface area (Å²) in [4.78, 5) is 28.3. The molecule has 0 aliphatic carbocycles. The normalized spacial score (nSPS) is 13.4. The summed E-state index contributed by atoms with van der Waals surface area (Å²) in [7, 11) is 0. The molecule has 3 aromatic carbocycles. The van der Waals surface area contributed by atoms with Crippen LogP contribution in [0, 0.1) is 0 Å². The van der Waals surface area contributed by atoms with E-state index in [0.29, 0.717) is 59.0 Å². The van der Waals surface area contributed by atoms with Gasteiger partial charge in [-0.1, -0.05) is 41.4 Å². The van der Waals surface area contributed by atoms with Crippen LogP contribution >= 0.6 is 23.2 Å². The Kier molecular flexibility index (Phi) is 8.36. The van der Waals surface area contributed by atoms with Crippen LogP contribution < -0.4 is 14.5 Å². The van der Waals surface area contributed by atoms with E-state index in [1.807, 2.05) is 23.1 Å². The molecule has 0 spiro atoms. The van der Waals surface area contributed by atoms with E-state index < -0.39 is 5.97 Å². The number of carboxylic acids is 1. The van der Waals surface area contributed by atoms with Gasteiger partial charge < -0.3 is 24.4 Å². The minimum atomic E-state index is -1.06. The second-order valence-electron chi connectivity index (χ2n) is 8.34. The standard InChI is InChI=1S/C27H26Cl2N2O5/c1-18(32)31(22-7-8-25(23(15-22)27(33)34)30-10-12-35-13-11-30)16-20-14-21(28)6-9-26(20)36-17-19-4-2-3-5-24(19)29/h2-9,14-15H,10-13,16-17H2,1H3,(H,33,34). The SMILES string of the molecule is CC(=O)N(Cc1cc(Cl)ccc1OCc1ccccc1Cl)c1ccc(N2CCOCC2)c(C(=O)O)c1. The highest BCUT2D eigenvalue weighted by Gasteiger charge is 2.22. The van der Waals surface area contributed by atoms with Crippen molar-refractivity contribution in [2.45, 2.75) is 20.1 Å². The molecule has 0 aromatic heterocycles. The lowest BCUT2D eigenvalue weighted by molar-refractivity contribution is -0.116. The van der Waals surface area contributed by atoms with Gasteiger partial charge >= 0.3 is 5.97 Å². The van der Waals surface area contributed by atoms with Crippen LogP contribution in [0.4, 0.5) is 11.4 Å². The number of carboxylic acid groups (broad SMARTS) is 1. The van der Waals surface area contributed by atoms with E-state index in [-0.39, 0.29) is 24.6 Å². The van der Waals surface area contributed by atoms with Gasteiger partial charge in [-0.25, -0.2) is 4.79 Å². The van der Waals surface area contributed by atoms with E-state index in [2.05, 4.69) is 0 Å². The first-order valence-electron chi connectivity index (χ1n) is 11.5. The predicted octanol–water partition coefficient (Wildman–Crippen LogP) is 5.66. The summed E-state index contributed by atoms with van der Waals surface area (Å²) in [6.07, 6.45) is 0. The van der Waals surface area contributed by atoms with Gasteiger partial charge in [0, 0.05) is 46.9 Å². The van der Waals surface area contributed by atoms with Crippen LogP contribution in [0.2, 0.25) is 10.0 Å². The Morgan fingerprint density at radius 1 is 1.03 bits per heavy atom. The van der Waals surface area contributed by atoms with Crippen LogP contribution in [0.3, 0.4) is 0 Å². The monoisotopic (exact) mass is 528 g/mol. The van der Waals surface area contributed by atoms with Crippen molar-refractivity contribution in [1.29, 1.82) is 0 Å². The number of nitrogens with zero attached hydrogens (tertiary/aromatic N) is 2. The molecule has 1 heterocycles. The number of benzene rings is 3. The van der Waals surface area contributed by atoms with Gasteiger partial charge in [0.15, 0.2) is 0 Å². The lowest BCUT2D eigenvalue weighted by atomic mass is 10.1. The largest absolute Gasteiger partial charge is 0.488 e. The molecular weight excluding hydrogens is 503 g/mol. The topological polar surface area (TPSA) is 79.3 Å². The quantitative estimate of drug-likeness (QED) is 0.406. The van der Waals surface area contributed by atoms with Crippen molar-refractivity contribution in [3.05, 3.63) is 87.4 Å². The summed E-state index contributed by atoms with van der Waals surface area (Å²) in [6, 6.07) is 17.6. The van der Waals surface area contributed by atoms with Gasteiger partial charge in [-0.2, -0.15) is 0 Å². The molecule has 188 valence electrons. The molecule has 36 heavy (non-hydrogen) atoms. The first-order valence-corrected chi connectivity index (χ1v) is 12.2. The number of rotatable bonds is 8. The molecule has 0 atom stereocenters. The predicted molar refractivity (Wildman–Crippen MR) is 141 cm³/mol. The number of amides is 1. The van der Waals surface area contributed by atoms with Crippen LogP contribution in [0.15, 0.2) is 60.7 Å². The first kappa shape index (κ1) is 25.8. The lowest BCUT2D eigenvalue weighted by Gasteiger charge is -2.31. The Hall–Kier alpha value is -3.26. The number of carbonyl (C=O) groups is 2. The van der Waals surface area contributed by atoms with Gasteiger partial charge in [0.2, 0.25) is 5.91 Å². The Morgan fingerprint density at radius 2 is 1.78 bits per heavy atom. The molecule has 9 heteroatoms. The number of ether oxygens (including phenoxy) is 2. The first-order chi connectivity index (χ1) is 17.3. The van der Waals surface area contributed by atoms with E-state index in [4.69, 9.17) is 32.7 Å². The molecule has 0 saturated carbocycles. The summed E-state index contributed by atoms with van der Waals surface area (Å²) in [6.45, 7) is 4.09. The second kappa shape index (κ2) is 11.6. The third-order valence-electron chi connectivity index (χ3n) is 5.95. The van der Waals surface area contributed by atoms with Gasteiger partial charge in [0.05, 0.1) is 31.0 Å². The van der Waals surface area contributed by atoms with Crippen LogP contribution in [0.1, 0.15) is 28.4 Å². The minimum Gasteiger partial charge on any atom is -0.488 e. The molecule has 7 nitrogen and oxygen atoms in total. The molecular formula is C27H26Cl2N2O5. The van der Waals surface area contributed by atoms with Crippen LogP contribution in [-0.2, 0) is 22.7 Å². The number of halogens is 2. The number of hydrogen-bond acceptors (Lipinski definition) is 5. The molecule has 1 aliphatic rings. The zero-order chi connectivity index (χ0) is 25.7. The Bertz CT molecular complexity index is 1260. The zero-order valence-electron chi connectivity index (χ0n) is 19.7. The van der Waals surface area contributed by atoms with Gasteiger partial charge in [-0.3, -0.25) is 4.79 Å². The lowest BCUT2D eigenvalue weighted by Crippen LogP contribution is -2.37. The molecule has 1 fully saturated rings. The van der Waals surface area contributed by atoms with Crippen LogP contribution in [-0.4, -0.2) is 43.3 Å². The minimum absolute atomic E-state index is 0.127. The molecule has 0 unspecified atom stereocenters. The highest BCUT2D eigenvalue weighted by atomic mass is 35.5. The summed E-state index contributed by atoms with van der Waals surface area (Å²) in [5.74, 6) is -0.759. The Morgan fingerprint density at radius 3 is 2.47 bits per heavy atom. The van der Waals surface area contributed by atoms with Crippen LogP contribution in [0.5, 0.6) is 5.75 Å². The van der Waals surface area contributed by atoms with Crippen molar-refractivity contribution in [2.75, 3.05) is 36.1 Å². The number of aromatic carboxylic acids is 1. The highest BCUT2D eigenvalue weighted by molar-refractivity contribution is 6.31. The van der Waals surface area contributed by atoms with E-state index in [1.165, 1.54) is 17.9 Å². The van der Waals surface area contributed by atoms with Gasteiger partial charge in [-0.15, -0.1) is 0 Å². The maximum Gasteiger partial charge on any atom is 0.337 e. The molecule has 1 N–H and O–H groups in total. The number of carbonyl (C=O) groups excluding carboxylic acids is 1. The van der Waals surface area contributed by atoms with Crippen molar-refractivity contribution < 1.29 is 24.2 Å². The molecule has 1 aliphatic heterocycles. The van der Waals surface area contributed by atoms with Crippen molar-refractivity contribution in [1.82, 2.24) is 0 Å². The Labute approximate surface area is 219 Å². The molecule has 4 rings (SSSR count). The number of anilines is 2. The second-order valence-corrected chi connectivity index (χ2v) is 9.19. The summed E-state index contributed by atoms with van der Waals surface area (Å²) in [5, 5.41) is 11.0. The third kappa shape index (κ3) is 6.10. The third-order valence-corrected chi connectivity index (χ3v) is 6.55. The maximum atomic E-state index is 12.7. The molecule has 3 aromatic rings. The fraction of sp³-hybridized carbons (Fsp3) is 0.259. The maximum absolute atomic E-state index is 12.7. The Balaban J connectivity index is 1.62. The van der Waals surface area contributed by atoms with E-state index in [9.17, 15) is 14.7 Å². The fourth-order valence-electron chi connectivity index (χ4n) is 4.08. The smallest absolute Gasteiger partial charge is 0.337 e. The van der Waals surface area contributed by atoms with E-state index in [0.717, 1.165) is 5.56 Å². The zero-order valence-corrected chi connectivity index (χ0v) is 21.3. The van der Waals surface area contributed by atoms with Gasteiger partial charge in [0.1, 0.15) is 12.4 Å². The van der Waals surface area contributed by atoms with Crippen molar-refractivity contribution in [3.63, 3.8) is 0 Å². The molecule has 1 amide bonds. The van der Waals surface area contributed by atoms with Crippen LogP contribution in [0.25, 0.3) is 0 Å². The van der Waals surface area contributed by atoms with E-state index >= 15 is 0 Å². The summed E-state index contributed by atoms with van der Waals surface area (Å²) < 4.78 is 11.4. The average Bonchev–Trinajstić information content (AvgIpc) is 2.87. The van der Waals surface area contributed by atoms with Crippen molar-refractivity contribution in [3.8, 4) is 5.75 Å². The summed E-state index contributed by atoms with van der Waals surface area (Å²) >= 11 is 12.5. The van der Waals surface area contributed by atoms with Gasteiger partial charge in [0.25, 0.3) is 0 Å².